The largest absolute Gasteiger partial charge is 0.339 e. The Labute approximate surface area is 142 Å². The standard InChI is InChI=1S/C18H13F2N5/c1-11-16-17(23-13-6-4-5-12(19)9-13)21-10-22-18(16)25(24-11)15-8-3-2-7-14(15)20/h2-10H,1H3,(H,21,22,23). The van der Waals surface area contributed by atoms with E-state index in [1.807, 2.05) is 0 Å². The zero-order valence-electron chi connectivity index (χ0n) is 13.2. The van der Waals surface area contributed by atoms with E-state index in [2.05, 4.69) is 20.4 Å². The van der Waals surface area contributed by atoms with Crippen molar-refractivity contribution in [3.8, 4) is 5.69 Å². The molecule has 0 saturated carbocycles. The Bertz CT molecular complexity index is 1070. The molecule has 5 nitrogen and oxygen atoms in total. The van der Waals surface area contributed by atoms with E-state index in [1.165, 1.54) is 29.2 Å². The van der Waals surface area contributed by atoms with Gasteiger partial charge in [-0.25, -0.2) is 23.4 Å². The van der Waals surface area contributed by atoms with Gasteiger partial charge >= 0.3 is 0 Å². The van der Waals surface area contributed by atoms with Crippen molar-refractivity contribution >= 4 is 22.5 Å². The number of nitrogens with one attached hydrogen (secondary N) is 1. The van der Waals surface area contributed by atoms with Gasteiger partial charge in [0.2, 0.25) is 0 Å². The number of anilines is 2. The summed E-state index contributed by atoms with van der Waals surface area (Å²) in [6.45, 7) is 1.79. The molecule has 0 radical (unpaired) electrons. The van der Waals surface area contributed by atoms with Crippen molar-refractivity contribution in [2.75, 3.05) is 5.32 Å². The lowest BCUT2D eigenvalue weighted by Gasteiger charge is -2.07. The minimum Gasteiger partial charge on any atom is -0.339 e. The molecule has 25 heavy (non-hydrogen) atoms. The van der Waals surface area contributed by atoms with Crippen LogP contribution in [0, 0.1) is 18.6 Å². The fourth-order valence-corrected chi connectivity index (χ4v) is 2.71. The van der Waals surface area contributed by atoms with Gasteiger partial charge in [0.25, 0.3) is 0 Å². The van der Waals surface area contributed by atoms with Gasteiger partial charge < -0.3 is 5.32 Å². The van der Waals surface area contributed by atoms with Gasteiger partial charge in [-0.1, -0.05) is 18.2 Å². The van der Waals surface area contributed by atoms with Crippen molar-refractivity contribution < 1.29 is 8.78 Å². The van der Waals surface area contributed by atoms with E-state index in [9.17, 15) is 8.78 Å². The summed E-state index contributed by atoms with van der Waals surface area (Å²) in [5.74, 6) is -0.269. The van der Waals surface area contributed by atoms with Gasteiger partial charge in [0, 0.05) is 5.69 Å². The number of aromatic nitrogens is 4. The third-order valence-electron chi connectivity index (χ3n) is 3.81. The van der Waals surface area contributed by atoms with Crippen LogP contribution >= 0.6 is 0 Å². The maximum absolute atomic E-state index is 14.1. The maximum Gasteiger partial charge on any atom is 0.168 e. The lowest BCUT2D eigenvalue weighted by molar-refractivity contribution is 0.612. The first-order chi connectivity index (χ1) is 12.1. The number of hydrogen-bond donors (Lipinski definition) is 1. The molecule has 2 heterocycles. The minimum atomic E-state index is -0.398. The number of benzene rings is 2. The fourth-order valence-electron chi connectivity index (χ4n) is 2.71. The number of aryl methyl sites for hydroxylation is 1. The Morgan fingerprint density at radius 2 is 1.84 bits per heavy atom. The second kappa shape index (κ2) is 5.94. The summed E-state index contributed by atoms with van der Waals surface area (Å²) in [6.07, 6.45) is 1.36. The number of hydrogen-bond acceptors (Lipinski definition) is 4. The third kappa shape index (κ3) is 2.69. The highest BCUT2D eigenvalue weighted by Crippen LogP contribution is 2.28. The highest BCUT2D eigenvalue weighted by Gasteiger charge is 2.17. The molecular weight excluding hydrogens is 324 g/mol. The Kier molecular flexibility index (Phi) is 3.61. The molecule has 1 N–H and O–H groups in total. The topological polar surface area (TPSA) is 55.6 Å². The summed E-state index contributed by atoms with van der Waals surface area (Å²) in [4.78, 5) is 8.48. The quantitative estimate of drug-likeness (QED) is 0.610. The number of halogens is 2. The van der Waals surface area contributed by atoms with Crippen LogP contribution in [0.15, 0.2) is 54.9 Å². The van der Waals surface area contributed by atoms with E-state index in [1.54, 1.807) is 37.3 Å². The zero-order chi connectivity index (χ0) is 17.4. The molecule has 0 amide bonds. The number of rotatable bonds is 3. The molecule has 124 valence electrons. The lowest BCUT2D eigenvalue weighted by Crippen LogP contribution is -2.01. The number of nitrogens with zero attached hydrogens (tertiary/aromatic N) is 4. The van der Waals surface area contributed by atoms with Crippen LogP contribution in [0.3, 0.4) is 0 Å². The second-order valence-electron chi connectivity index (χ2n) is 5.50. The summed E-state index contributed by atoms with van der Waals surface area (Å²) in [5, 5.41) is 8.12. The molecule has 4 aromatic rings. The van der Waals surface area contributed by atoms with Crippen molar-refractivity contribution in [1.29, 1.82) is 0 Å². The molecular formula is C18H13F2N5. The fraction of sp³-hybridized carbons (Fsp3) is 0.0556. The van der Waals surface area contributed by atoms with Crippen LogP contribution in [0.1, 0.15) is 5.69 Å². The molecule has 0 fully saturated rings. The molecule has 0 spiro atoms. The van der Waals surface area contributed by atoms with E-state index in [0.717, 1.165) is 0 Å². The van der Waals surface area contributed by atoms with Gasteiger partial charge in [0.15, 0.2) is 5.65 Å². The Morgan fingerprint density at radius 3 is 2.64 bits per heavy atom. The Balaban J connectivity index is 1.87. The lowest BCUT2D eigenvalue weighted by atomic mass is 10.2. The molecule has 0 aliphatic heterocycles. The highest BCUT2D eigenvalue weighted by atomic mass is 19.1. The van der Waals surface area contributed by atoms with Crippen LogP contribution in [-0.4, -0.2) is 19.7 Å². The minimum absolute atomic E-state index is 0.302. The molecule has 2 aromatic heterocycles. The molecule has 0 aliphatic carbocycles. The average Bonchev–Trinajstić information content (AvgIpc) is 2.93. The summed E-state index contributed by atoms with van der Waals surface area (Å²) in [6, 6.07) is 12.4. The normalized spacial score (nSPS) is 11.0. The molecule has 2 aromatic carbocycles. The zero-order valence-corrected chi connectivity index (χ0v) is 13.2. The Morgan fingerprint density at radius 1 is 1.00 bits per heavy atom. The van der Waals surface area contributed by atoms with Gasteiger partial charge in [-0.3, -0.25) is 0 Å². The van der Waals surface area contributed by atoms with Crippen LogP contribution in [0.25, 0.3) is 16.7 Å². The second-order valence-corrected chi connectivity index (χ2v) is 5.50. The van der Waals surface area contributed by atoms with Gasteiger partial charge in [0.05, 0.1) is 11.1 Å². The van der Waals surface area contributed by atoms with Crippen molar-refractivity contribution in [2.24, 2.45) is 0 Å². The van der Waals surface area contributed by atoms with Crippen LogP contribution in [0.4, 0.5) is 20.3 Å². The first-order valence-electron chi connectivity index (χ1n) is 7.61. The summed E-state index contributed by atoms with van der Waals surface area (Å²) >= 11 is 0. The molecule has 7 heteroatoms. The number of fused-ring (bicyclic) bond motifs is 1. The summed E-state index contributed by atoms with van der Waals surface area (Å²) in [5.41, 5.74) is 1.96. The van der Waals surface area contributed by atoms with Crippen LogP contribution in [0.2, 0.25) is 0 Å². The van der Waals surface area contributed by atoms with Crippen molar-refractivity contribution in [2.45, 2.75) is 6.92 Å². The average molecular weight is 337 g/mol. The molecule has 0 aliphatic rings. The van der Waals surface area contributed by atoms with Gasteiger partial charge in [-0.2, -0.15) is 5.10 Å². The number of para-hydroxylation sites is 1. The van der Waals surface area contributed by atoms with Gasteiger partial charge in [0.1, 0.15) is 29.5 Å². The summed E-state index contributed by atoms with van der Waals surface area (Å²) < 4.78 is 29.0. The maximum atomic E-state index is 14.1. The van der Waals surface area contributed by atoms with E-state index in [4.69, 9.17) is 0 Å². The van der Waals surface area contributed by atoms with Crippen molar-refractivity contribution in [3.05, 3.63) is 72.2 Å². The van der Waals surface area contributed by atoms with Crippen molar-refractivity contribution in [3.63, 3.8) is 0 Å². The van der Waals surface area contributed by atoms with Gasteiger partial charge in [-0.05, 0) is 37.3 Å². The third-order valence-corrected chi connectivity index (χ3v) is 3.81. The molecule has 0 unspecified atom stereocenters. The monoisotopic (exact) mass is 337 g/mol. The molecule has 0 saturated heterocycles. The van der Waals surface area contributed by atoms with Gasteiger partial charge in [-0.15, -0.1) is 0 Å². The predicted molar refractivity (Wildman–Crippen MR) is 91.0 cm³/mol. The smallest absolute Gasteiger partial charge is 0.168 e. The van der Waals surface area contributed by atoms with E-state index in [-0.39, 0.29) is 5.82 Å². The van der Waals surface area contributed by atoms with Crippen LogP contribution < -0.4 is 5.32 Å². The molecule has 0 bridgehead atoms. The first-order valence-corrected chi connectivity index (χ1v) is 7.61. The summed E-state index contributed by atoms with van der Waals surface area (Å²) in [7, 11) is 0. The predicted octanol–water partition coefficient (Wildman–Crippen LogP) is 4.15. The Hall–Kier alpha value is -3.35. The SMILES string of the molecule is Cc1nn(-c2ccccc2F)c2ncnc(Nc3cccc(F)c3)c12. The first kappa shape index (κ1) is 15.2. The highest BCUT2D eigenvalue weighted by molar-refractivity contribution is 5.91. The van der Waals surface area contributed by atoms with E-state index in [0.29, 0.717) is 33.9 Å². The van der Waals surface area contributed by atoms with Crippen molar-refractivity contribution in [1.82, 2.24) is 19.7 Å². The van der Waals surface area contributed by atoms with E-state index >= 15 is 0 Å². The molecule has 4 rings (SSSR count). The molecule has 0 atom stereocenters. The van der Waals surface area contributed by atoms with Crippen LogP contribution in [0.5, 0.6) is 0 Å². The van der Waals surface area contributed by atoms with Crippen LogP contribution in [-0.2, 0) is 0 Å². The van der Waals surface area contributed by atoms with E-state index < -0.39 is 5.82 Å².